The van der Waals surface area contributed by atoms with Gasteiger partial charge in [0.05, 0.1) is 6.61 Å². The summed E-state index contributed by atoms with van der Waals surface area (Å²) in [7, 11) is 0. The second kappa shape index (κ2) is 16.3. The van der Waals surface area contributed by atoms with Crippen LogP contribution in [0.2, 0.25) is 0 Å². The standard InChI is InChI=1S/C18H34O2/c1-3-5-6-7-8-9-10-11-12-13-14-15-16-17-18(19)20-4-2/h12-13H,3-11,14-17H2,1-2H3/b13-12+. The van der Waals surface area contributed by atoms with Crippen molar-refractivity contribution in [3.8, 4) is 0 Å². The number of esters is 1. The van der Waals surface area contributed by atoms with Gasteiger partial charge in [-0.1, -0.05) is 57.6 Å². The van der Waals surface area contributed by atoms with E-state index in [0.717, 1.165) is 19.3 Å². The van der Waals surface area contributed by atoms with Crippen LogP contribution in [0, 0.1) is 0 Å². The SMILES string of the molecule is CCCCCCCCC/C=C/CCCCC(=O)OCC. The molecule has 2 heteroatoms. The molecule has 118 valence electrons. The van der Waals surface area contributed by atoms with Crippen LogP contribution >= 0.6 is 0 Å². The third-order valence-corrected chi connectivity index (χ3v) is 3.45. The van der Waals surface area contributed by atoms with Crippen molar-refractivity contribution in [1.82, 2.24) is 0 Å². The lowest BCUT2D eigenvalue weighted by Crippen LogP contribution is -2.02. The molecule has 0 aliphatic heterocycles. The molecule has 0 aliphatic carbocycles. The van der Waals surface area contributed by atoms with E-state index < -0.39 is 0 Å². The third kappa shape index (κ3) is 15.3. The Labute approximate surface area is 126 Å². The summed E-state index contributed by atoms with van der Waals surface area (Å²) in [6.07, 6.45) is 19.1. The molecule has 0 N–H and O–H groups in total. The number of rotatable bonds is 14. The second-order valence-corrected chi connectivity index (χ2v) is 5.43. The van der Waals surface area contributed by atoms with E-state index in [9.17, 15) is 4.79 Å². The van der Waals surface area contributed by atoms with Gasteiger partial charge in [0.1, 0.15) is 0 Å². The molecule has 0 heterocycles. The lowest BCUT2D eigenvalue weighted by atomic mass is 10.1. The van der Waals surface area contributed by atoms with Crippen LogP contribution in [-0.4, -0.2) is 12.6 Å². The summed E-state index contributed by atoms with van der Waals surface area (Å²) in [6.45, 7) is 4.61. The fourth-order valence-corrected chi connectivity index (χ4v) is 2.22. The lowest BCUT2D eigenvalue weighted by molar-refractivity contribution is -0.143. The molecule has 0 bridgehead atoms. The maximum atomic E-state index is 11.1. The predicted octanol–water partition coefficient (Wildman–Crippen LogP) is 5.81. The summed E-state index contributed by atoms with van der Waals surface area (Å²) >= 11 is 0. The Hall–Kier alpha value is -0.790. The topological polar surface area (TPSA) is 26.3 Å². The Bertz CT molecular complexity index is 234. The Morgan fingerprint density at radius 3 is 1.95 bits per heavy atom. The van der Waals surface area contributed by atoms with Crippen LogP contribution in [0.3, 0.4) is 0 Å². The Balaban J connectivity index is 3.14. The lowest BCUT2D eigenvalue weighted by Gasteiger charge is -2.00. The summed E-state index contributed by atoms with van der Waals surface area (Å²) < 4.78 is 4.89. The van der Waals surface area contributed by atoms with E-state index in [1.54, 1.807) is 0 Å². The molecule has 2 nitrogen and oxygen atoms in total. The zero-order valence-electron chi connectivity index (χ0n) is 13.7. The van der Waals surface area contributed by atoms with Gasteiger partial charge in [-0.2, -0.15) is 0 Å². The first kappa shape index (κ1) is 19.2. The highest BCUT2D eigenvalue weighted by Crippen LogP contribution is 2.09. The van der Waals surface area contributed by atoms with Crippen LogP contribution in [0.1, 0.15) is 90.9 Å². The molecule has 0 aromatic carbocycles. The van der Waals surface area contributed by atoms with E-state index in [1.165, 1.54) is 51.4 Å². The minimum Gasteiger partial charge on any atom is -0.466 e. The number of ether oxygens (including phenoxy) is 1. The van der Waals surface area contributed by atoms with Crippen molar-refractivity contribution in [2.75, 3.05) is 6.61 Å². The largest absolute Gasteiger partial charge is 0.466 e. The molecule has 0 saturated carbocycles. The molecular formula is C18H34O2. The van der Waals surface area contributed by atoms with Crippen LogP contribution in [0.25, 0.3) is 0 Å². The van der Waals surface area contributed by atoms with Crippen molar-refractivity contribution >= 4 is 5.97 Å². The van der Waals surface area contributed by atoms with Gasteiger partial charge < -0.3 is 4.74 Å². The van der Waals surface area contributed by atoms with Gasteiger partial charge in [-0.25, -0.2) is 0 Å². The average Bonchev–Trinajstić information content (AvgIpc) is 2.44. The molecule has 0 fully saturated rings. The molecule has 0 saturated heterocycles. The highest BCUT2D eigenvalue weighted by atomic mass is 16.5. The fourth-order valence-electron chi connectivity index (χ4n) is 2.22. The summed E-state index contributed by atoms with van der Waals surface area (Å²) in [4.78, 5) is 11.1. The van der Waals surface area contributed by atoms with Crippen molar-refractivity contribution in [2.24, 2.45) is 0 Å². The molecule has 20 heavy (non-hydrogen) atoms. The minimum atomic E-state index is -0.0560. The monoisotopic (exact) mass is 282 g/mol. The van der Waals surface area contributed by atoms with Gasteiger partial charge in [0.25, 0.3) is 0 Å². The molecular weight excluding hydrogens is 248 g/mol. The van der Waals surface area contributed by atoms with Gasteiger partial charge in [-0.05, 0) is 39.0 Å². The van der Waals surface area contributed by atoms with E-state index in [-0.39, 0.29) is 5.97 Å². The number of carbonyl (C=O) groups excluding carboxylic acids is 1. The van der Waals surface area contributed by atoms with Gasteiger partial charge >= 0.3 is 5.97 Å². The molecule has 0 aliphatic rings. The number of unbranched alkanes of at least 4 members (excludes halogenated alkanes) is 9. The maximum absolute atomic E-state index is 11.1. The quantitative estimate of drug-likeness (QED) is 0.228. The van der Waals surface area contributed by atoms with E-state index in [2.05, 4.69) is 19.1 Å². The Morgan fingerprint density at radius 1 is 0.800 bits per heavy atom. The molecule has 0 aromatic rings. The summed E-state index contributed by atoms with van der Waals surface area (Å²) in [6, 6.07) is 0. The molecule has 0 rings (SSSR count). The summed E-state index contributed by atoms with van der Waals surface area (Å²) in [5.74, 6) is -0.0560. The van der Waals surface area contributed by atoms with Crippen molar-refractivity contribution < 1.29 is 9.53 Å². The van der Waals surface area contributed by atoms with Crippen LogP contribution in [0.15, 0.2) is 12.2 Å². The van der Waals surface area contributed by atoms with Crippen LogP contribution in [0.4, 0.5) is 0 Å². The van der Waals surface area contributed by atoms with Gasteiger partial charge in [-0.15, -0.1) is 0 Å². The summed E-state index contributed by atoms with van der Waals surface area (Å²) in [5, 5.41) is 0. The first-order chi connectivity index (χ1) is 9.81. The highest BCUT2D eigenvalue weighted by Gasteiger charge is 1.99. The van der Waals surface area contributed by atoms with Gasteiger partial charge in [-0.3, -0.25) is 4.79 Å². The molecule has 0 spiro atoms. The van der Waals surface area contributed by atoms with E-state index in [4.69, 9.17) is 4.74 Å². The highest BCUT2D eigenvalue weighted by molar-refractivity contribution is 5.69. The zero-order valence-corrected chi connectivity index (χ0v) is 13.7. The number of allylic oxidation sites excluding steroid dienone is 2. The average molecular weight is 282 g/mol. The van der Waals surface area contributed by atoms with Crippen molar-refractivity contribution in [3.05, 3.63) is 12.2 Å². The molecule has 0 unspecified atom stereocenters. The van der Waals surface area contributed by atoms with Crippen LogP contribution in [0.5, 0.6) is 0 Å². The first-order valence-electron chi connectivity index (χ1n) is 8.61. The molecule has 0 amide bonds. The maximum Gasteiger partial charge on any atom is 0.305 e. The van der Waals surface area contributed by atoms with Gasteiger partial charge in [0.15, 0.2) is 0 Å². The molecule has 0 atom stereocenters. The van der Waals surface area contributed by atoms with Crippen LogP contribution < -0.4 is 0 Å². The molecule has 0 radical (unpaired) electrons. The second-order valence-electron chi connectivity index (χ2n) is 5.43. The number of hydrogen-bond acceptors (Lipinski definition) is 2. The third-order valence-electron chi connectivity index (χ3n) is 3.45. The normalized spacial score (nSPS) is 11.1. The first-order valence-corrected chi connectivity index (χ1v) is 8.61. The fraction of sp³-hybridized carbons (Fsp3) is 0.833. The number of hydrogen-bond donors (Lipinski definition) is 0. The zero-order chi connectivity index (χ0) is 14.9. The Morgan fingerprint density at radius 2 is 1.35 bits per heavy atom. The minimum absolute atomic E-state index is 0.0560. The molecule has 0 aromatic heterocycles. The van der Waals surface area contributed by atoms with E-state index >= 15 is 0 Å². The number of carbonyl (C=O) groups is 1. The van der Waals surface area contributed by atoms with Crippen molar-refractivity contribution in [2.45, 2.75) is 90.9 Å². The van der Waals surface area contributed by atoms with Crippen LogP contribution in [-0.2, 0) is 9.53 Å². The van der Waals surface area contributed by atoms with E-state index in [1.807, 2.05) is 6.92 Å². The predicted molar refractivity (Wildman–Crippen MR) is 86.9 cm³/mol. The van der Waals surface area contributed by atoms with Gasteiger partial charge in [0.2, 0.25) is 0 Å². The summed E-state index contributed by atoms with van der Waals surface area (Å²) in [5.41, 5.74) is 0. The van der Waals surface area contributed by atoms with Gasteiger partial charge in [0, 0.05) is 6.42 Å². The van der Waals surface area contributed by atoms with Crippen molar-refractivity contribution in [1.29, 1.82) is 0 Å². The Kier molecular flexibility index (Phi) is 15.6. The smallest absolute Gasteiger partial charge is 0.305 e. The van der Waals surface area contributed by atoms with E-state index in [0.29, 0.717) is 13.0 Å². The van der Waals surface area contributed by atoms with Crippen molar-refractivity contribution in [3.63, 3.8) is 0 Å².